The Balaban J connectivity index is 2.28. The third kappa shape index (κ3) is 3.15. The highest BCUT2D eigenvalue weighted by molar-refractivity contribution is 5.53. The average molecular weight is 338 g/mol. The van der Waals surface area contributed by atoms with Crippen molar-refractivity contribution in [1.29, 1.82) is 0 Å². The molecule has 2 nitrogen and oxygen atoms in total. The van der Waals surface area contributed by atoms with Crippen LogP contribution in [0.3, 0.4) is 0 Å². The van der Waals surface area contributed by atoms with Gasteiger partial charge in [0.1, 0.15) is 11.5 Å². The van der Waals surface area contributed by atoms with Crippen LogP contribution in [0.25, 0.3) is 0 Å². The molecule has 0 radical (unpaired) electrons. The molecule has 0 heterocycles. The normalized spacial score (nSPS) is 17.3. The van der Waals surface area contributed by atoms with Gasteiger partial charge in [0.2, 0.25) is 0 Å². The summed E-state index contributed by atoms with van der Waals surface area (Å²) in [6, 6.07) is 8.22. The first-order valence-electron chi connectivity index (χ1n) is 9.46. The van der Waals surface area contributed by atoms with Gasteiger partial charge in [-0.05, 0) is 86.1 Å². The lowest BCUT2D eigenvalue weighted by atomic mass is 9.66. The van der Waals surface area contributed by atoms with Crippen molar-refractivity contribution in [3.8, 4) is 11.5 Å². The molecule has 2 aromatic rings. The van der Waals surface area contributed by atoms with Crippen molar-refractivity contribution in [3.05, 3.63) is 57.6 Å². The Hall–Kier alpha value is -1.96. The van der Waals surface area contributed by atoms with E-state index in [1.807, 2.05) is 26.0 Å². The van der Waals surface area contributed by atoms with Gasteiger partial charge in [-0.2, -0.15) is 0 Å². The molecule has 0 aliphatic heterocycles. The molecule has 0 unspecified atom stereocenters. The molecule has 0 bridgehead atoms. The van der Waals surface area contributed by atoms with Crippen molar-refractivity contribution in [2.75, 3.05) is 0 Å². The summed E-state index contributed by atoms with van der Waals surface area (Å²) in [5, 5.41) is 20.3. The fourth-order valence-electron chi connectivity index (χ4n) is 4.65. The van der Waals surface area contributed by atoms with E-state index in [4.69, 9.17) is 0 Å². The first kappa shape index (κ1) is 17.8. The highest BCUT2D eigenvalue weighted by atomic mass is 16.3. The van der Waals surface area contributed by atoms with E-state index in [0.717, 1.165) is 35.1 Å². The molecule has 1 aliphatic rings. The van der Waals surface area contributed by atoms with Crippen molar-refractivity contribution in [2.45, 2.75) is 71.6 Å². The van der Waals surface area contributed by atoms with Crippen LogP contribution in [-0.4, -0.2) is 10.2 Å². The van der Waals surface area contributed by atoms with E-state index < -0.39 is 0 Å². The Labute approximate surface area is 151 Å². The fourth-order valence-corrected chi connectivity index (χ4v) is 4.65. The molecule has 3 rings (SSSR count). The van der Waals surface area contributed by atoms with Crippen LogP contribution in [0.2, 0.25) is 0 Å². The average Bonchev–Trinajstić information content (AvgIpc) is 2.81. The summed E-state index contributed by atoms with van der Waals surface area (Å²) in [7, 11) is 0. The first-order chi connectivity index (χ1) is 11.8. The minimum absolute atomic E-state index is 0.0262. The Morgan fingerprint density at radius 3 is 1.40 bits per heavy atom. The van der Waals surface area contributed by atoms with Crippen molar-refractivity contribution in [3.63, 3.8) is 0 Å². The Morgan fingerprint density at radius 1 is 0.600 bits per heavy atom. The van der Waals surface area contributed by atoms with Crippen LogP contribution in [0.1, 0.15) is 71.9 Å². The molecule has 2 aromatic carbocycles. The van der Waals surface area contributed by atoms with Gasteiger partial charge in [-0.15, -0.1) is 0 Å². The maximum Gasteiger partial charge on any atom is 0.118 e. The summed E-state index contributed by atoms with van der Waals surface area (Å²) in [6.45, 7) is 8.20. The second-order valence-electron chi connectivity index (χ2n) is 7.90. The molecular formula is C23H30O2. The van der Waals surface area contributed by atoms with Crippen LogP contribution in [-0.2, 0) is 5.41 Å². The zero-order chi connectivity index (χ0) is 18.2. The van der Waals surface area contributed by atoms with Gasteiger partial charge in [-0.3, -0.25) is 0 Å². The van der Waals surface area contributed by atoms with Gasteiger partial charge in [0.05, 0.1) is 0 Å². The Morgan fingerprint density at radius 2 is 1.00 bits per heavy atom. The highest BCUT2D eigenvalue weighted by Gasteiger charge is 2.37. The number of aromatic hydroxyl groups is 2. The van der Waals surface area contributed by atoms with E-state index >= 15 is 0 Å². The highest BCUT2D eigenvalue weighted by Crippen LogP contribution is 2.48. The van der Waals surface area contributed by atoms with Crippen LogP contribution in [0.4, 0.5) is 0 Å². The summed E-state index contributed by atoms with van der Waals surface area (Å²) in [5.74, 6) is 0.757. The molecule has 0 spiro atoms. The van der Waals surface area contributed by atoms with Crippen LogP contribution in [0, 0.1) is 27.7 Å². The van der Waals surface area contributed by atoms with Crippen LogP contribution < -0.4 is 0 Å². The zero-order valence-corrected chi connectivity index (χ0v) is 15.9. The van der Waals surface area contributed by atoms with Crippen LogP contribution in [0.15, 0.2) is 24.3 Å². The number of hydrogen-bond acceptors (Lipinski definition) is 2. The van der Waals surface area contributed by atoms with Crippen LogP contribution >= 0.6 is 0 Å². The molecule has 2 heteroatoms. The zero-order valence-electron chi connectivity index (χ0n) is 15.9. The fraction of sp³-hybridized carbons (Fsp3) is 0.478. The Kier molecular flexibility index (Phi) is 4.81. The second kappa shape index (κ2) is 6.74. The smallest absolute Gasteiger partial charge is 0.118 e. The first-order valence-corrected chi connectivity index (χ1v) is 9.46. The van der Waals surface area contributed by atoms with Crippen LogP contribution in [0.5, 0.6) is 11.5 Å². The molecule has 0 amide bonds. The van der Waals surface area contributed by atoms with Gasteiger partial charge >= 0.3 is 0 Å². The molecule has 25 heavy (non-hydrogen) atoms. The molecule has 0 aromatic heterocycles. The van der Waals surface area contributed by atoms with Crippen molar-refractivity contribution < 1.29 is 10.2 Å². The van der Waals surface area contributed by atoms with E-state index in [-0.39, 0.29) is 5.41 Å². The summed E-state index contributed by atoms with van der Waals surface area (Å²) in [5.41, 5.74) is 6.87. The molecule has 1 fully saturated rings. The SMILES string of the molecule is Cc1cc(C2(c3cc(C)c(O)cc3C)CCCCCC2)c(C)cc1O. The molecule has 1 aliphatic carbocycles. The van der Waals surface area contributed by atoms with Gasteiger partial charge in [0.15, 0.2) is 0 Å². The lowest BCUT2D eigenvalue weighted by Crippen LogP contribution is -2.29. The summed E-state index contributed by atoms with van der Waals surface area (Å²) < 4.78 is 0. The summed E-state index contributed by atoms with van der Waals surface area (Å²) in [6.07, 6.45) is 7.27. The summed E-state index contributed by atoms with van der Waals surface area (Å²) in [4.78, 5) is 0. The lowest BCUT2D eigenvalue weighted by Gasteiger charge is -2.37. The lowest BCUT2D eigenvalue weighted by molar-refractivity contribution is 0.433. The maximum absolute atomic E-state index is 10.1. The molecule has 0 atom stereocenters. The number of hydrogen-bond donors (Lipinski definition) is 2. The van der Waals surface area contributed by atoms with Crippen molar-refractivity contribution in [2.24, 2.45) is 0 Å². The Bertz CT molecular complexity index is 722. The monoisotopic (exact) mass is 338 g/mol. The van der Waals surface area contributed by atoms with Gasteiger partial charge in [-0.25, -0.2) is 0 Å². The quantitative estimate of drug-likeness (QED) is 0.662. The maximum atomic E-state index is 10.1. The molecular weight excluding hydrogens is 308 g/mol. The molecule has 1 saturated carbocycles. The van der Waals surface area contributed by atoms with E-state index in [1.54, 1.807) is 0 Å². The van der Waals surface area contributed by atoms with Gasteiger partial charge in [0.25, 0.3) is 0 Å². The third-order valence-corrected chi connectivity index (χ3v) is 6.07. The third-order valence-electron chi connectivity index (χ3n) is 6.07. The van der Waals surface area contributed by atoms with Crippen molar-refractivity contribution >= 4 is 0 Å². The van der Waals surface area contributed by atoms with E-state index in [1.165, 1.54) is 36.8 Å². The summed E-state index contributed by atoms with van der Waals surface area (Å²) >= 11 is 0. The predicted molar refractivity (Wildman–Crippen MR) is 104 cm³/mol. The minimum Gasteiger partial charge on any atom is -0.508 e. The standard InChI is InChI=1S/C23H30O2/c1-15-13-21(24)17(3)11-19(15)23(9-7-5-6-8-10-23)20-12-18(4)22(25)14-16(20)2/h11-14,24-25H,5-10H2,1-4H3. The number of benzene rings is 2. The van der Waals surface area contributed by atoms with E-state index in [2.05, 4.69) is 26.0 Å². The number of rotatable bonds is 2. The second-order valence-corrected chi connectivity index (χ2v) is 7.90. The number of aryl methyl sites for hydroxylation is 4. The largest absolute Gasteiger partial charge is 0.508 e. The van der Waals surface area contributed by atoms with Gasteiger partial charge < -0.3 is 10.2 Å². The van der Waals surface area contributed by atoms with E-state index in [9.17, 15) is 10.2 Å². The van der Waals surface area contributed by atoms with Gasteiger partial charge in [0, 0.05) is 5.41 Å². The van der Waals surface area contributed by atoms with Gasteiger partial charge in [-0.1, -0.05) is 37.8 Å². The van der Waals surface area contributed by atoms with Crippen molar-refractivity contribution in [1.82, 2.24) is 0 Å². The van der Waals surface area contributed by atoms with E-state index in [0.29, 0.717) is 11.5 Å². The number of phenols is 2. The number of phenolic OH excluding ortho intramolecular Hbond substituents is 2. The molecule has 134 valence electrons. The minimum atomic E-state index is -0.0262. The topological polar surface area (TPSA) is 40.5 Å². The predicted octanol–water partition coefficient (Wildman–Crippen LogP) is 5.97. The molecule has 0 saturated heterocycles. The molecule has 2 N–H and O–H groups in total.